The predicted octanol–water partition coefficient (Wildman–Crippen LogP) is 4.93. The van der Waals surface area contributed by atoms with E-state index in [0.717, 1.165) is 23.3 Å². The van der Waals surface area contributed by atoms with Gasteiger partial charge < -0.3 is 14.3 Å². The zero-order valence-electron chi connectivity index (χ0n) is 17.7. The van der Waals surface area contributed by atoms with Gasteiger partial charge in [0.05, 0.1) is 22.3 Å². The molecule has 0 atom stereocenters. The zero-order chi connectivity index (χ0) is 22.5. The lowest BCUT2D eigenvalue weighted by Crippen LogP contribution is -2.26. The minimum atomic E-state index is -0.509. The Morgan fingerprint density at radius 3 is 2.64 bits per heavy atom. The minimum absolute atomic E-state index is 0.122. The molecule has 1 aliphatic rings. The van der Waals surface area contributed by atoms with E-state index in [9.17, 15) is 9.59 Å². The van der Waals surface area contributed by atoms with Gasteiger partial charge in [-0.25, -0.2) is 4.79 Å². The summed E-state index contributed by atoms with van der Waals surface area (Å²) in [5.74, 6) is -0.357. The highest BCUT2D eigenvalue weighted by molar-refractivity contribution is 5.99. The normalized spacial score (nSPS) is 12.4. The number of fused-ring (bicyclic) bond motifs is 6. The maximum Gasteiger partial charge on any atom is 0.343 e. The first-order chi connectivity index (χ1) is 16.1. The number of benzene rings is 2. The van der Waals surface area contributed by atoms with E-state index in [4.69, 9.17) is 4.74 Å². The van der Waals surface area contributed by atoms with E-state index in [0.29, 0.717) is 28.4 Å². The average molecular weight is 433 g/mol. The van der Waals surface area contributed by atoms with Crippen molar-refractivity contribution in [3.05, 3.63) is 107 Å². The Bertz CT molecular complexity index is 1640. The van der Waals surface area contributed by atoms with E-state index in [2.05, 4.69) is 22.6 Å². The maximum atomic E-state index is 13.4. The molecule has 5 aromatic rings. The van der Waals surface area contributed by atoms with E-state index in [-0.39, 0.29) is 11.3 Å². The molecule has 0 unspecified atom stereocenters. The fraction of sp³-hybridized carbons (Fsp3) is 0.0741. The summed E-state index contributed by atoms with van der Waals surface area (Å²) in [5.41, 5.74) is 4.81. The molecule has 1 aliphatic heterocycles. The Labute approximate surface area is 188 Å². The van der Waals surface area contributed by atoms with Gasteiger partial charge in [-0.05, 0) is 36.2 Å². The third-order valence-corrected chi connectivity index (χ3v) is 6.22. The molecule has 0 aliphatic carbocycles. The Balaban J connectivity index is 1.50. The van der Waals surface area contributed by atoms with E-state index >= 15 is 0 Å². The molecule has 0 fully saturated rings. The number of nitrogens with one attached hydrogen (secondary N) is 1. The molecule has 6 rings (SSSR count). The summed E-state index contributed by atoms with van der Waals surface area (Å²) in [7, 11) is 0. The topological polar surface area (TPSA) is 77.0 Å². The Morgan fingerprint density at radius 2 is 1.79 bits per heavy atom. The van der Waals surface area contributed by atoms with Crippen LogP contribution in [0.15, 0.2) is 84.4 Å². The molecule has 6 nitrogen and oxygen atoms in total. The van der Waals surface area contributed by atoms with Crippen molar-refractivity contribution in [2.24, 2.45) is 0 Å². The number of para-hydroxylation sites is 1. The third-order valence-electron chi connectivity index (χ3n) is 6.22. The second kappa shape index (κ2) is 7.31. The summed E-state index contributed by atoms with van der Waals surface area (Å²) >= 11 is 0. The van der Waals surface area contributed by atoms with Crippen molar-refractivity contribution in [3.63, 3.8) is 0 Å². The molecule has 3 aromatic heterocycles. The fourth-order valence-corrected chi connectivity index (χ4v) is 4.62. The quantitative estimate of drug-likeness (QED) is 0.323. The molecule has 0 saturated carbocycles. The minimum Gasteiger partial charge on any atom is -0.423 e. The summed E-state index contributed by atoms with van der Waals surface area (Å²) in [5, 5.41) is 2.29. The fourth-order valence-electron chi connectivity index (χ4n) is 4.62. The van der Waals surface area contributed by atoms with Crippen molar-refractivity contribution in [2.75, 3.05) is 0 Å². The van der Waals surface area contributed by atoms with Gasteiger partial charge in [0.2, 0.25) is 0 Å². The molecule has 1 N–H and O–H groups in total. The van der Waals surface area contributed by atoms with Crippen LogP contribution in [-0.4, -0.2) is 20.5 Å². The van der Waals surface area contributed by atoms with Gasteiger partial charge in [0.1, 0.15) is 5.76 Å². The summed E-state index contributed by atoms with van der Waals surface area (Å²) in [6.07, 6.45) is 3.90. The number of aromatic amines is 1. The number of esters is 1. The smallest absolute Gasteiger partial charge is 0.343 e. The lowest BCUT2D eigenvalue weighted by atomic mass is 9.99. The maximum absolute atomic E-state index is 13.4. The summed E-state index contributed by atoms with van der Waals surface area (Å²) in [6.45, 7) is 4.55. The van der Waals surface area contributed by atoms with Crippen LogP contribution in [0.25, 0.3) is 38.8 Å². The van der Waals surface area contributed by atoms with Gasteiger partial charge in [-0.1, -0.05) is 43.0 Å². The Morgan fingerprint density at radius 1 is 1.00 bits per heavy atom. The summed E-state index contributed by atoms with van der Waals surface area (Å²) in [6, 6.07) is 18.8. The molecule has 0 radical (unpaired) electrons. The molecular weight excluding hydrogens is 414 g/mol. The number of H-pyrrole nitrogens is 1. The molecule has 0 saturated heterocycles. The van der Waals surface area contributed by atoms with Crippen molar-refractivity contribution < 1.29 is 9.53 Å². The summed E-state index contributed by atoms with van der Waals surface area (Å²) in [4.78, 5) is 33.7. The molecule has 4 heterocycles. The van der Waals surface area contributed by atoms with Gasteiger partial charge in [-0.3, -0.25) is 9.78 Å². The van der Waals surface area contributed by atoms with Crippen LogP contribution in [0.3, 0.4) is 0 Å². The highest BCUT2D eigenvalue weighted by atomic mass is 16.5. The number of hydrogen-bond acceptors (Lipinski definition) is 4. The first kappa shape index (κ1) is 19.3. The molecule has 33 heavy (non-hydrogen) atoms. The molecular formula is C27H19N3O3. The molecule has 0 amide bonds. The van der Waals surface area contributed by atoms with E-state index < -0.39 is 5.97 Å². The van der Waals surface area contributed by atoms with E-state index in [1.165, 1.54) is 10.9 Å². The van der Waals surface area contributed by atoms with Crippen molar-refractivity contribution >= 4 is 33.4 Å². The number of ether oxygens (including phenoxy) is 1. The van der Waals surface area contributed by atoms with Crippen LogP contribution in [0.2, 0.25) is 0 Å². The highest BCUT2D eigenvalue weighted by Crippen LogP contribution is 2.36. The third kappa shape index (κ3) is 2.99. The summed E-state index contributed by atoms with van der Waals surface area (Å²) < 4.78 is 7.32. The average Bonchev–Trinajstić information content (AvgIpc) is 3.24. The molecule has 0 spiro atoms. The van der Waals surface area contributed by atoms with Crippen LogP contribution < -0.4 is 5.56 Å². The number of nitrogens with zero attached hydrogens (tertiary/aromatic N) is 2. The largest absolute Gasteiger partial charge is 0.423 e. The molecule has 2 aromatic carbocycles. The van der Waals surface area contributed by atoms with Gasteiger partial charge in [0, 0.05) is 40.8 Å². The van der Waals surface area contributed by atoms with Crippen molar-refractivity contribution in [2.45, 2.75) is 13.0 Å². The van der Waals surface area contributed by atoms with Crippen LogP contribution in [0.1, 0.15) is 21.5 Å². The van der Waals surface area contributed by atoms with Gasteiger partial charge in [-0.15, -0.1) is 0 Å². The number of carbonyl (C=O) groups excluding carboxylic acids is 1. The number of hydrogen-bond donors (Lipinski definition) is 1. The lowest BCUT2D eigenvalue weighted by molar-refractivity contribution is 0.0693. The van der Waals surface area contributed by atoms with Gasteiger partial charge in [0.25, 0.3) is 5.56 Å². The monoisotopic (exact) mass is 433 g/mol. The number of rotatable bonds is 3. The number of aryl methyl sites for hydroxylation is 1. The standard InChI is InChI=1S/C27H19N3O3/c1-16(33-27(32)17-7-3-2-4-8-17)21-14-28-15-22-20(21)13-24-25-19(11-12-30(24)26(22)31)18-9-5-6-10-23(18)29-25/h2-10,13-15,29H,1,11-12H2. The van der Waals surface area contributed by atoms with E-state index in [1.54, 1.807) is 41.2 Å². The van der Waals surface area contributed by atoms with Crippen molar-refractivity contribution in [1.82, 2.24) is 14.5 Å². The predicted molar refractivity (Wildman–Crippen MR) is 128 cm³/mol. The van der Waals surface area contributed by atoms with Crippen LogP contribution in [-0.2, 0) is 17.7 Å². The van der Waals surface area contributed by atoms with Crippen molar-refractivity contribution in [1.29, 1.82) is 0 Å². The highest BCUT2D eigenvalue weighted by Gasteiger charge is 2.24. The van der Waals surface area contributed by atoms with Crippen LogP contribution in [0.4, 0.5) is 0 Å². The van der Waals surface area contributed by atoms with Gasteiger partial charge in [0.15, 0.2) is 0 Å². The van der Waals surface area contributed by atoms with E-state index in [1.807, 2.05) is 30.3 Å². The lowest BCUT2D eigenvalue weighted by Gasteiger charge is -2.20. The SMILES string of the molecule is C=C(OC(=O)c1ccccc1)c1cncc2c(=O)n3c(cc12)-c1[nH]c2ccccc2c1CC3. The first-order valence-electron chi connectivity index (χ1n) is 10.7. The van der Waals surface area contributed by atoms with Crippen LogP contribution in [0.5, 0.6) is 0 Å². The van der Waals surface area contributed by atoms with Gasteiger partial charge in [-0.2, -0.15) is 0 Å². The number of pyridine rings is 2. The Hall–Kier alpha value is -4.45. The second-order valence-corrected chi connectivity index (χ2v) is 8.09. The Kier molecular flexibility index (Phi) is 4.26. The number of aromatic nitrogens is 3. The van der Waals surface area contributed by atoms with Crippen LogP contribution in [0, 0.1) is 0 Å². The number of carbonyl (C=O) groups is 1. The second-order valence-electron chi connectivity index (χ2n) is 8.09. The van der Waals surface area contributed by atoms with Crippen molar-refractivity contribution in [3.8, 4) is 11.4 Å². The first-order valence-corrected chi connectivity index (χ1v) is 10.7. The molecule has 160 valence electrons. The molecule has 0 bridgehead atoms. The molecule has 6 heteroatoms. The van der Waals surface area contributed by atoms with Crippen LogP contribution >= 0.6 is 0 Å². The zero-order valence-corrected chi connectivity index (χ0v) is 17.7. The van der Waals surface area contributed by atoms with Gasteiger partial charge >= 0.3 is 5.97 Å².